The van der Waals surface area contributed by atoms with E-state index in [0.29, 0.717) is 6.04 Å². The zero-order valence-corrected chi connectivity index (χ0v) is 11.8. The van der Waals surface area contributed by atoms with E-state index in [2.05, 4.69) is 45.9 Å². The quantitative estimate of drug-likeness (QED) is 0.856. The Balaban J connectivity index is 1.86. The second-order valence-electron chi connectivity index (χ2n) is 5.66. The van der Waals surface area contributed by atoms with Gasteiger partial charge in [0.1, 0.15) is 12.2 Å². The van der Waals surface area contributed by atoms with Gasteiger partial charge in [-0.15, -0.1) is 10.2 Å². The van der Waals surface area contributed by atoms with Crippen LogP contribution in [0, 0.1) is 5.92 Å². The topological polar surface area (TPSA) is 46.0 Å². The summed E-state index contributed by atoms with van der Waals surface area (Å²) >= 11 is 0. The third-order valence-electron chi connectivity index (χ3n) is 3.58. The maximum atomic E-state index is 4.23. The first kappa shape index (κ1) is 13.5. The summed E-state index contributed by atoms with van der Waals surface area (Å²) in [5.74, 6) is 1.84. The highest BCUT2D eigenvalue weighted by Crippen LogP contribution is 2.13. The van der Waals surface area contributed by atoms with Crippen molar-refractivity contribution < 1.29 is 0 Å². The number of nitrogens with zero attached hydrogens (tertiary/aromatic N) is 4. The van der Waals surface area contributed by atoms with Crippen molar-refractivity contribution in [3.05, 3.63) is 12.2 Å². The molecule has 0 saturated carbocycles. The van der Waals surface area contributed by atoms with Crippen molar-refractivity contribution in [3.63, 3.8) is 0 Å². The van der Waals surface area contributed by atoms with Crippen molar-refractivity contribution in [2.75, 3.05) is 26.7 Å². The molecule has 5 heteroatoms. The summed E-state index contributed by atoms with van der Waals surface area (Å²) in [5.41, 5.74) is 0. The normalized spacial score (nSPS) is 20.8. The van der Waals surface area contributed by atoms with E-state index in [0.717, 1.165) is 31.4 Å². The van der Waals surface area contributed by atoms with Gasteiger partial charge >= 0.3 is 0 Å². The highest BCUT2D eigenvalue weighted by atomic mass is 15.3. The van der Waals surface area contributed by atoms with Gasteiger partial charge in [0.05, 0.1) is 6.54 Å². The van der Waals surface area contributed by atoms with Gasteiger partial charge < -0.3 is 9.88 Å². The van der Waals surface area contributed by atoms with E-state index in [1.807, 2.05) is 6.33 Å². The lowest BCUT2D eigenvalue weighted by Crippen LogP contribution is -2.37. The lowest BCUT2D eigenvalue weighted by atomic mass is 9.99. The van der Waals surface area contributed by atoms with Crippen LogP contribution < -0.4 is 5.32 Å². The molecule has 1 saturated heterocycles. The molecule has 5 nitrogen and oxygen atoms in total. The van der Waals surface area contributed by atoms with Crippen molar-refractivity contribution in [2.45, 2.75) is 39.3 Å². The SMILES string of the molecule is CC(C)n1cnnc1CN(C)C[C@H]1CCCNC1. The number of hydrogen-bond donors (Lipinski definition) is 1. The molecule has 1 N–H and O–H groups in total. The van der Waals surface area contributed by atoms with Crippen molar-refractivity contribution >= 4 is 0 Å². The van der Waals surface area contributed by atoms with Gasteiger partial charge in [-0.2, -0.15) is 0 Å². The predicted molar refractivity (Wildman–Crippen MR) is 72.3 cm³/mol. The summed E-state index contributed by atoms with van der Waals surface area (Å²) in [6, 6.07) is 0.430. The highest BCUT2D eigenvalue weighted by molar-refractivity contribution is 4.88. The van der Waals surface area contributed by atoms with Gasteiger partial charge in [0.15, 0.2) is 0 Å². The van der Waals surface area contributed by atoms with Gasteiger partial charge in [0, 0.05) is 12.6 Å². The molecular weight excluding hydrogens is 226 g/mol. The van der Waals surface area contributed by atoms with Crippen LogP contribution in [-0.4, -0.2) is 46.3 Å². The third-order valence-corrected chi connectivity index (χ3v) is 3.58. The first-order chi connectivity index (χ1) is 8.66. The molecule has 0 spiro atoms. The van der Waals surface area contributed by atoms with Crippen molar-refractivity contribution in [1.82, 2.24) is 25.0 Å². The minimum atomic E-state index is 0.430. The van der Waals surface area contributed by atoms with E-state index < -0.39 is 0 Å². The minimum Gasteiger partial charge on any atom is -0.316 e. The Labute approximate surface area is 110 Å². The molecule has 1 aromatic heterocycles. The van der Waals surface area contributed by atoms with E-state index in [4.69, 9.17) is 0 Å². The van der Waals surface area contributed by atoms with Crippen molar-refractivity contribution in [2.24, 2.45) is 5.92 Å². The van der Waals surface area contributed by atoms with Crippen LogP contribution >= 0.6 is 0 Å². The third kappa shape index (κ3) is 3.53. The zero-order valence-electron chi connectivity index (χ0n) is 11.8. The van der Waals surface area contributed by atoms with E-state index in [1.165, 1.54) is 19.4 Å². The monoisotopic (exact) mass is 251 g/mol. The van der Waals surface area contributed by atoms with Crippen LogP contribution in [0.3, 0.4) is 0 Å². The van der Waals surface area contributed by atoms with Crippen LogP contribution in [0.15, 0.2) is 6.33 Å². The largest absolute Gasteiger partial charge is 0.316 e. The summed E-state index contributed by atoms with van der Waals surface area (Å²) < 4.78 is 2.15. The standard InChI is InChI=1S/C13H25N5/c1-11(2)18-10-15-16-13(18)9-17(3)8-12-5-4-6-14-7-12/h10-12,14H,4-9H2,1-3H3/t12-/m0/s1. The van der Waals surface area contributed by atoms with Gasteiger partial charge in [-0.25, -0.2) is 0 Å². The van der Waals surface area contributed by atoms with Crippen molar-refractivity contribution in [1.29, 1.82) is 0 Å². The Morgan fingerprint density at radius 3 is 3.06 bits per heavy atom. The van der Waals surface area contributed by atoms with Gasteiger partial charge in [-0.05, 0) is 52.7 Å². The first-order valence-electron chi connectivity index (χ1n) is 6.94. The number of piperidine rings is 1. The molecule has 0 radical (unpaired) electrons. The minimum absolute atomic E-state index is 0.430. The first-order valence-corrected chi connectivity index (χ1v) is 6.94. The summed E-state index contributed by atoms with van der Waals surface area (Å²) in [5, 5.41) is 11.7. The summed E-state index contributed by atoms with van der Waals surface area (Å²) in [7, 11) is 2.17. The molecule has 0 unspecified atom stereocenters. The molecule has 0 aromatic carbocycles. The Hall–Kier alpha value is -0.940. The average molecular weight is 251 g/mol. The fourth-order valence-corrected chi connectivity index (χ4v) is 2.64. The molecule has 1 aliphatic heterocycles. The molecule has 1 aliphatic rings. The molecule has 1 atom stereocenters. The number of hydrogen-bond acceptors (Lipinski definition) is 4. The van der Waals surface area contributed by atoms with Gasteiger partial charge in [-0.3, -0.25) is 4.90 Å². The maximum Gasteiger partial charge on any atom is 0.147 e. The Morgan fingerprint density at radius 2 is 2.39 bits per heavy atom. The van der Waals surface area contributed by atoms with E-state index >= 15 is 0 Å². The molecule has 0 bridgehead atoms. The van der Waals surface area contributed by atoms with Gasteiger partial charge in [-0.1, -0.05) is 0 Å². The molecule has 18 heavy (non-hydrogen) atoms. The number of nitrogens with one attached hydrogen (secondary N) is 1. The lowest BCUT2D eigenvalue weighted by Gasteiger charge is -2.27. The van der Waals surface area contributed by atoms with Gasteiger partial charge in [0.2, 0.25) is 0 Å². The summed E-state index contributed by atoms with van der Waals surface area (Å²) in [4.78, 5) is 2.36. The Kier molecular flexibility index (Phi) is 4.72. The van der Waals surface area contributed by atoms with Crippen LogP contribution in [0.25, 0.3) is 0 Å². The second-order valence-corrected chi connectivity index (χ2v) is 5.66. The predicted octanol–water partition coefficient (Wildman–Crippen LogP) is 1.29. The summed E-state index contributed by atoms with van der Waals surface area (Å²) in [6.45, 7) is 8.69. The van der Waals surface area contributed by atoms with Crippen molar-refractivity contribution in [3.8, 4) is 0 Å². The highest BCUT2D eigenvalue weighted by Gasteiger charge is 2.16. The van der Waals surface area contributed by atoms with Crippen LogP contribution in [0.1, 0.15) is 38.6 Å². The molecule has 0 amide bonds. The molecule has 0 aliphatic carbocycles. The molecular formula is C13H25N5. The second kappa shape index (κ2) is 6.29. The number of aromatic nitrogens is 3. The van der Waals surface area contributed by atoms with E-state index in [9.17, 15) is 0 Å². The smallest absolute Gasteiger partial charge is 0.147 e. The molecule has 2 rings (SSSR count). The average Bonchev–Trinajstić information content (AvgIpc) is 2.78. The molecule has 2 heterocycles. The molecule has 102 valence electrons. The fourth-order valence-electron chi connectivity index (χ4n) is 2.64. The lowest BCUT2D eigenvalue weighted by molar-refractivity contribution is 0.230. The van der Waals surface area contributed by atoms with Crippen LogP contribution in [0.4, 0.5) is 0 Å². The van der Waals surface area contributed by atoms with Gasteiger partial charge in [0.25, 0.3) is 0 Å². The van der Waals surface area contributed by atoms with Crippen LogP contribution in [0.5, 0.6) is 0 Å². The maximum absolute atomic E-state index is 4.23. The summed E-state index contributed by atoms with van der Waals surface area (Å²) in [6.07, 6.45) is 4.48. The zero-order chi connectivity index (χ0) is 13.0. The van der Waals surface area contributed by atoms with E-state index in [-0.39, 0.29) is 0 Å². The van der Waals surface area contributed by atoms with Crippen LogP contribution in [0.2, 0.25) is 0 Å². The van der Waals surface area contributed by atoms with E-state index in [1.54, 1.807) is 0 Å². The Bertz CT molecular complexity index is 354. The molecule has 1 fully saturated rings. The van der Waals surface area contributed by atoms with Crippen LogP contribution in [-0.2, 0) is 6.54 Å². The number of rotatable bonds is 5. The molecule has 1 aromatic rings. The fraction of sp³-hybridized carbons (Fsp3) is 0.846. The Morgan fingerprint density at radius 1 is 1.56 bits per heavy atom.